The largest absolute Gasteiger partial charge is 0.369 e. The summed E-state index contributed by atoms with van der Waals surface area (Å²) in [4.78, 5) is 5.45. The zero-order valence-corrected chi connectivity index (χ0v) is 15.2. The third-order valence-corrected chi connectivity index (χ3v) is 7.13. The molecule has 0 aromatic heterocycles. The number of sulfone groups is 1. The lowest BCUT2D eigenvalue weighted by molar-refractivity contribution is 0.158. The minimum atomic E-state index is -3.19. The Labute approximate surface area is 140 Å². The summed E-state index contributed by atoms with van der Waals surface area (Å²) in [5.41, 5.74) is 0.894. The van der Waals surface area contributed by atoms with Gasteiger partial charge in [0.1, 0.15) is 0 Å². The second-order valence-corrected chi connectivity index (χ2v) is 9.28. The second kappa shape index (κ2) is 6.44. The van der Waals surface area contributed by atoms with Crippen molar-refractivity contribution in [3.8, 4) is 0 Å². The van der Waals surface area contributed by atoms with Crippen LogP contribution in [0.25, 0.3) is 0 Å². The smallest absolute Gasteiger partial charge is 0.180 e. The van der Waals surface area contributed by atoms with Crippen molar-refractivity contribution >= 4 is 15.5 Å². The van der Waals surface area contributed by atoms with Crippen molar-refractivity contribution in [3.05, 3.63) is 24.3 Å². The number of rotatable bonds is 4. The van der Waals surface area contributed by atoms with E-state index in [1.807, 2.05) is 18.2 Å². The summed E-state index contributed by atoms with van der Waals surface area (Å²) in [6, 6.07) is 9.27. The van der Waals surface area contributed by atoms with Crippen molar-refractivity contribution in [3.63, 3.8) is 0 Å². The molecule has 5 heteroatoms. The first-order chi connectivity index (χ1) is 10.9. The molecule has 3 rings (SSSR count). The molecular weight excluding hydrogens is 308 g/mol. The first-order valence-electron chi connectivity index (χ1n) is 8.78. The van der Waals surface area contributed by atoms with Crippen LogP contribution in [0.3, 0.4) is 0 Å². The summed E-state index contributed by atoms with van der Waals surface area (Å²) in [6.45, 7) is 8.15. The summed E-state index contributed by atoms with van der Waals surface area (Å²) < 4.78 is 24.9. The Morgan fingerprint density at radius 2 is 1.83 bits per heavy atom. The summed E-state index contributed by atoms with van der Waals surface area (Å²) >= 11 is 0. The lowest BCUT2D eigenvalue weighted by Crippen LogP contribution is -2.43. The molecule has 0 saturated carbocycles. The lowest BCUT2D eigenvalue weighted by Gasteiger charge is -2.33. The average molecular weight is 337 g/mol. The number of nitrogens with zero attached hydrogens (tertiary/aromatic N) is 2. The number of hydrogen-bond acceptors (Lipinski definition) is 4. The van der Waals surface area contributed by atoms with E-state index in [4.69, 9.17) is 0 Å². The molecule has 2 atom stereocenters. The van der Waals surface area contributed by atoms with Gasteiger partial charge in [-0.15, -0.1) is 0 Å². The second-order valence-electron chi connectivity index (χ2n) is 7.03. The van der Waals surface area contributed by atoms with E-state index in [1.54, 1.807) is 13.0 Å². The highest BCUT2D eigenvalue weighted by atomic mass is 32.2. The van der Waals surface area contributed by atoms with E-state index in [-0.39, 0.29) is 5.75 Å². The SMILES string of the molecule is CCS(=O)(=O)c1ccccc1N1CC[C@H]2CC[C@@H](C1)N2C(C)C. The normalized spacial score (nSPS) is 25.8. The van der Waals surface area contributed by atoms with Gasteiger partial charge in [0.15, 0.2) is 9.84 Å². The molecule has 0 aliphatic carbocycles. The molecule has 0 radical (unpaired) electrons. The Hall–Kier alpha value is -1.07. The summed E-state index contributed by atoms with van der Waals surface area (Å²) in [7, 11) is -3.19. The lowest BCUT2D eigenvalue weighted by atomic mass is 10.1. The van der Waals surface area contributed by atoms with E-state index >= 15 is 0 Å². The maximum absolute atomic E-state index is 12.4. The predicted octanol–water partition coefficient (Wildman–Crippen LogP) is 2.93. The fraction of sp³-hybridized carbons (Fsp3) is 0.667. The van der Waals surface area contributed by atoms with Gasteiger partial charge in [0.05, 0.1) is 16.3 Å². The monoisotopic (exact) mass is 336 g/mol. The van der Waals surface area contributed by atoms with Gasteiger partial charge in [-0.2, -0.15) is 0 Å². The molecule has 0 N–H and O–H groups in total. The van der Waals surface area contributed by atoms with E-state index in [0.717, 1.165) is 25.2 Å². The highest BCUT2D eigenvalue weighted by molar-refractivity contribution is 7.91. The highest BCUT2D eigenvalue weighted by Gasteiger charge is 2.39. The Bertz CT molecular complexity index is 657. The average Bonchev–Trinajstić information content (AvgIpc) is 2.82. The van der Waals surface area contributed by atoms with Crippen LogP contribution in [0.4, 0.5) is 5.69 Å². The summed E-state index contributed by atoms with van der Waals surface area (Å²) in [5, 5.41) is 0. The van der Waals surface area contributed by atoms with E-state index in [9.17, 15) is 8.42 Å². The van der Waals surface area contributed by atoms with Crippen molar-refractivity contribution in [2.75, 3.05) is 23.7 Å². The predicted molar refractivity (Wildman–Crippen MR) is 94.8 cm³/mol. The molecular formula is C18H28N2O2S. The van der Waals surface area contributed by atoms with Gasteiger partial charge in [-0.05, 0) is 45.2 Å². The molecule has 4 nitrogen and oxygen atoms in total. The van der Waals surface area contributed by atoms with Gasteiger partial charge < -0.3 is 4.90 Å². The maximum atomic E-state index is 12.4. The van der Waals surface area contributed by atoms with Gasteiger partial charge in [-0.1, -0.05) is 19.1 Å². The molecule has 0 amide bonds. The molecule has 2 fully saturated rings. The number of para-hydroxylation sites is 1. The van der Waals surface area contributed by atoms with Crippen LogP contribution >= 0.6 is 0 Å². The van der Waals surface area contributed by atoms with Crippen molar-refractivity contribution < 1.29 is 8.42 Å². The molecule has 1 aromatic rings. The third kappa shape index (κ3) is 3.13. The molecule has 2 heterocycles. The standard InChI is InChI=1S/C18H28N2O2S/c1-4-23(21,22)18-8-6-5-7-17(18)19-12-11-15-9-10-16(13-19)20(15)14(2)3/h5-8,14-16H,4,9-13H2,1-3H3/t15-,16+/m1/s1. The molecule has 2 bridgehead atoms. The van der Waals surface area contributed by atoms with Gasteiger partial charge in [-0.25, -0.2) is 8.42 Å². The molecule has 1 aromatic carbocycles. The van der Waals surface area contributed by atoms with Crippen LogP contribution in [0.2, 0.25) is 0 Å². The fourth-order valence-corrected chi connectivity index (χ4v) is 5.42. The van der Waals surface area contributed by atoms with Crippen LogP contribution in [0.1, 0.15) is 40.0 Å². The Kier molecular flexibility index (Phi) is 4.70. The zero-order chi connectivity index (χ0) is 16.6. The number of hydrogen-bond donors (Lipinski definition) is 0. The van der Waals surface area contributed by atoms with E-state index in [2.05, 4.69) is 23.6 Å². The first kappa shape index (κ1) is 16.8. The van der Waals surface area contributed by atoms with Gasteiger partial charge >= 0.3 is 0 Å². The van der Waals surface area contributed by atoms with Crippen LogP contribution in [0, 0.1) is 0 Å². The topological polar surface area (TPSA) is 40.6 Å². The van der Waals surface area contributed by atoms with E-state index in [0.29, 0.717) is 23.0 Å². The van der Waals surface area contributed by atoms with Crippen molar-refractivity contribution in [1.82, 2.24) is 4.90 Å². The van der Waals surface area contributed by atoms with Crippen molar-refractivity contribution in [2.24, 2.45) is 0 Å². The molecule has 2 aliphatic heterocycles. The van der Waals surface area contributed by atoms with Crippen molar-refractivity contribution in [1.29, 1.82) is 0 Å². The maximum Gasteiger partial charge on any atom is 0.180 e. The zero-order valence-electron chi connectivity index (χ0n) is 14.4. The fourth-order valence-electron chi connectivity index (χ4n) is 4.31. The van der Waals surface area contributed by atoms with Crippen LogP contribution in [0.5, 0.6) is 0 Å². The Morgan fingerprint density at radius 3 is 2.52 bits per heavy atom. The number of benzene rings is 1. The van der Waals surface area contributed by atoms with Crippen LogP contribution in [0.15, 0.2) is 29.2 Å². The molecule has 23 heavy (non-hydrogen) atoms. The van der Waals surface area contributed by atoms with E-state index in [1.165, 1.54) is 12.8 Å². The minimum absolute atomic E-state index is 0.155. The Balaban J connectivity index is 1.93. The summed E-state index contributed by atoms with van der Waals surface area (Å²) in [5.74, 6) is 0.155. The first-order valence-corrected chi connectivity index (χ1v) is 10.4. The number of fused-ring (bicyclic) bond motifs is 2. The van der Waals surface area contributed by atoms with E-state index < -0.39 is 9.84 Å². The number of anilines is 1. The molecule has 2 saturated heterocycles. The van der Waals surface area contributed by atoms with Crippen LogP contribution in [-0.2, 0) is 9.84 Å². The molecule has 2 aliphatic rings. The van der Waals surface area contributed by atoms with Crippen molar-refractivity contribution in [2.45, 2.75) is 63.1 Å². The Morgan fingerprint density at radius 1 is 1.13 bits per heavy atom. The molecule has 0 spiro atoms. The molecule has 128 valence electrons. The quantitative estimate of drug-likeness (QED) is 0.848. The molecule has 0 unspecified atom stereocenters. The van der Waals surface area contributed by atoms with Gasteiger partial charge in [-0.3, -0.25) is 4.90 Å². The highest BCUT2D eigenvalue weighted by Crippen LogP contribution is 2.35. The van der Waals surface area contributed by atoms with Crippen LogP contribution < -0.4 is 4.90 Å². The van der Waals surface area contributed by atoms with Gasteiger partial charge in [0.25, 0.3) is 0 Å². The third-order valence-electron chi connectivity index (χ3n) is 5.36. The van der Waals surface area contributed by atoms with Crippen LogP contribution in [-0.4, -0.2) is 50.3 Å². The van der Waals surface area contributed by atoms with Gasteiger partial charge in [0.2, 0.25) is 0 Å². The van der Waals surface area contributed by atoms with Gasteiger partial charge in [0, 0.05) is 31.2 Å². The summed E-state index contributed by atoms with van der Waals surface area (Å²) in [6.07, 6.45) is 3.63. The minimum Gasteiger partial charge on any atom is -0.369 e.